The highest BCUT2D eigenvalue weighted by Gasteiger charge is 2.18. The maximum absolute atomic E-state index is 11.0. The highest BCUT2D eigenvalue weighted by Crippen LogP contribution is 2.11. The van der Waals surface area contributed by atoms with E-state index in [0.29, 0.717) is 0 Å². The molecule has 1 fully saturated rings. The fourth-order valence-corrected chi connectivity index (χ4v) is 2.38. The summed E-state index contributed by atoms with van der Waals surface area (Å²) in [6.07, 6.45) is 5.91. The number of likely N-dealkylation sites (N-methyl/N-ethyl adjacent to an activating group) is 1. The lowest BCUT2D eigenvalue weighted by atomic mass is 10.1. The first-order valence-corrected chi connectivity index (χ1v) is 7.59. The summed E-state index contributed by atoms with van der Waals surface area (Å²) in [5.41, 5.74) is 3.32. The number of hydrogen-bond donors (Lipinski definition) is 3. The number of benzene rings is 1. The molecule has 1 aromatic carbocycles. The number of piperazine rings is 1. The van der Waals surface area contributed by atoms with Gasteiger partial charge in [0.15, 0.2) is 0 Å². The van der Waals surface area contributed by atoms with Gasteiger partial charge in [0.1, 0.15) is 6.23 Å². The second kappa shape index (κ2) is 8.59. The predicted molar refractivity (Wildman–Crippen MR) is 89.5 cm³/mol. The zero-order chi connectivity index (χ0) is 16.7. The van der Waals surface area contributed by atoms with E-state index >= 15 is 0 Å². The monoisotopic (exact) mass is 317 g/mol. The summed E-state index contributed by atoms with van der Waals surface area (Å²) >= 11 is 0. The molecule has 1 atom stereocenters. The SMILES string of the molecule is CN1CCN(C(O)/C=C/c2cccc(/C=C/C(=O)NO)c2)CC1. The highest BCUT2D eigenvalue weighted by atomic mass is 16.5. The van der Waals surface area contributed by atoms with Crippen LogP contribution < -0.4 is 5.48 Å². The van der Waals surface area contributed by atoms with Crippen molar-refractivity contribution in [3.05, 3.63) is 47.5 Å². The van der Waals surface area contributed by atoms with Gasteiger partial charge in [0, 0.05) is 32.3 Å². The van der Waals surface area contributed by atoms with Crippen LogP contribution in [0.25, 0.3) is 12.2 Å². The molecule has 6 heteroatoms. The Hall–Kier alpha value is -1.99. The maximum atomic E-state index is 11.0. The summed E-state index contributed by atoms with van der Waals surface area (Å²) in [6.45, 7) is 3.61. The van der Waals surface area contributed by atoms with Gasteiger partial charge in [-0.1, -0.05) is 24.3 Å². The molecule has 0 bridgehead atoms. The number of carbonyl (C=O) groups is 1. The Bertz CT molecular complexity index is 578. The Morgan fingerprint density at radius 2 is 1.87 bits per heavy atom. The number of carbonyl (C=O) groups excluding carboxylic acids is 1. The molecular weight excluding hydrogens is 294 g/mol. The molecule has 0 radical (unpaired) electrons. The van der Waals surface area contributed by atoms with Gasteiger partial charge < -0.3 is 10.0 Å². The predicted octanol–water partition coefficient (Wildman–Crippen LogP) is 0.784. The van der Waals surface area contributed by atoms with Crippen LogP contribution in [0.1, 0.15) is 11.1 Å². The van der Waals surface area contributed by atoms with Gasteiger partial charge in [-0.2, -0.15) is 0 Å². The molecule has 1 amide bonds. The fraction of sp³-hybridized carbons (Fsp3) is 0.353. The van der Waals surface area contributed by atoms with E-state index in [4.69, 9.17) is 5.21 Å². The van der Waals surface area contributed by atoms with Crippen LogP contribution in [0, 0.1) is 0 Å². The van der Waals surface area contributed by atoms with Gasteiger partial charge in [-0.05, 0) is 36.4 Å². The number of rotatable bonds is 5. The zero-order valence-corrected chi connectivity index (χ0v) is 13.2. The molecule has 2 rings (SSSR count). The first kappa shape index (κ1) is 17.4. The van der Waals surface area contributed by atoms with Crippen molar-refractivity contribution in [1.82, 2.24) is 15.3 Å². The molecule has 0 aromatic heterocycles. The molecule has 3 N–H and O–H groups in total. The maximum Gasteiger partial charge on any atom is 0.267 e. The van der Waals surface area contributed by atoms with Gasteiger partial charge in [0.2, 0.25) is 0 Å². The Balaban J connectivity index is 1.96. The third-order valence-electron chi connectivity index (χ3n) is 3.82. The molecule has 1 aliphatic heterocycles. The first-order chi connectivity index (χ1) is 11.1. The van der Waals surface area contributed by atoms with Crippen LogP contribution in [0.5, 0.6) is 0 Å². The standard InChI is InChI=1S/C17H23N3O3/c1-19-9-11-20(12-10-19)17(22)8-6-15-4-2-3-14(13-15)5-7-16(21)18-23/h2-8,13,17,22-23H,9-12H2,1H3,(H,18,21)/b7-5+,8-6+. The second-order valence-electron chi connectivity index (χ2n) is 5.59. The normalized spacial score (nSPS) is 18.6. The molecule has 124 valence electrons. The Kier molecular flexibility index (Phi) is 6.49. The summed E-state index contributed by atoms with van der Waals surface area (Å²) in [5.74, 6) is -0.573. The Labute approximate surface area is 136 Å². The third kappa shape index (κ3) is 5.61. The third-order valence-corrected chi connectivity index (χ3v) is 3.82. The molecule has 23 heavy (non-hydrogen) atoms. The van der Waals surface area contributed by atoms with E-state index < -0.39 is 12.1 Å². The minimum Gasteiger partial charge on any atom is -0.375 e. The lowest BCUT2D eigenvalue weighted by molar-refractivity contribution is -0.124. The molecule has 1 aliphatic rings. The van der Waals surface area contributed by atoms with E-state index in [-0.39, 0.29) is 0 Å². The number of aliphatic hydroxyl groups excluding tert-OH is 1. The molecule has 6 nitrogen and oxygen atoms in total. The fourth-order valence-electron chi connectivity index (χ4n) is 2.38. The van der Waals surface area contributed by atoms with Crippen molar-refractivity contribution in [3.8, 4) is 0 Å². The van der Waals surface area contributed by atoms with E-state index in [2.05, 4.69) is 11.9 Å². The van der Waals surface area contributed by atoms with E-state index in [0.717, 1.165) is 37.3 Å². The summed E-state index contributed by atoms with van der Waals surface area (Å²) in [7, 11) is 2.08. The minimum absolute atomic E-state index is 0.573. The van der Waals surface area contributed by atoms with Gasteiger partial charge in [-0.15, -0.1) is 0 Å². The number of nitrogens with zero attached hydrogens (tertiary/aromatic N) is 2. The number of aliphatic hydroxyl groups is 1. The summed E-state index contributed by atoms with van der Waals surface area (Å²) in [5, 5.41) is 18.7. The van der Waals surface area contributed by atoms with Crippen LogP contribution in [0.15, 0.2) is 36.4 Å². The van der Waals surface area contributed by atoms with E-state index in [1.54, 1.807) is 17.6 Å². The van der Waals surface area contributed by atoms with Crippen molar-refractivity contribution in [3.63, 3.8) is 0 Å². The van der Waals surface area contributed by atoms with Crippen molar-refractivity contribution >= 4 is 18.1 Å². The lowest BCUT2D eigenvalue weighted by Crippen LogP contribution is -2.48. The van der Waals surface area contributed by atoms with Crippen LogP contribution in [0.2, 0.25) is 0 Å². The van der Waals surface area contributed by atoms with Crippen molar-refractivity contribution < 1.29 is 15.1 Å². The van der Waals surface area contributed by atoms with Crippen LogP contribution in [0.4, 0.5) is 0 Å². The Morgan fingerprint density at radius 1 is 1.22 bits per heavy atom. The van der Waals surface area contributed by atoms with Crippen LogP contribution in [0.3, 0.4) is 0 Å². The number of hydroxylamine groups is 1. The largest absolute Gasteiger partial charge is 0.375 e. The molecule has 1 unspecified atom stereocenters. The zero-order valence-electron chi connectivity index (χ0n) is 13.2. The van der Waals surface area contributed by atoms with Gasteiger partial charge in [0.25, 0.3) is 5.91 Å². The quantitative estimate of drug-likeness (QED) is 0.425. The Morgan fingerprint density at radius 3 is 2.52 bits per heavy atom. The molecule has 1 saturated heterocycles. The first-order valence-electron chi connectivity index (χ1n) is 7.59. The molecule has 0 spiro atoms. The number of amides is 1. The topological polar surface area (TPSA) is 76.0 Å². The second-order valence-corrected chi connectivity index (χ2v) is 5.59. The minimum atomic E-state index is -0.594. The molecule has 1 aromatic rings. The van der Waals surface area contributed by atoms with E-state index in [1.165, 1.54) is 6.08 Å². The van der Waals surface area contributed by atoms with Gasteiger partial charge >= 0.3 is 0 Å². The van der Waals surface area contributed by atoms with Crippen molar-refractivity contribution in [2.24, 2.45) is 0 Å². The number of hydrogen-bond acceptors (Lipinski definition) is 5. The van der Waals surface area contributed by atoms with Crippen molar-refractivity contribution in [1.29, 1.82) is 0 Å². The number of nitrogens with one attached hydrogen (secondary N) is 1. The van der Waals surface area contributed by atoms with E-state index in [1.807, 2.05) is 35.2 Å². The van der Waals surface area contributed by atoms with Crippen molar-refractivity contribution in [2.45, 2.75) is 6.23 Å². The van der Waals surface area contributed by atoms with Gasteiger partial charge in [-0.3, -0.25) is 14.9 Å². The molecule has 0 aliphatic carbocycles. The molecule has 0 saturated carbocycles. The average Bonchev–Trinajstić information content (AvgIpc) is 2.58. The van der Waals surface area contributed by atoms with Crippen LogP contribution in [-0.4, -0.2) is 65.5 Å². The smallest absolute Gasteiger partial charge is 0.267 e. The average molecular weight is 317 g/mol. The summed E-state index contributed by atoms with van der Waals surface area (Å²) < 4.78 is 0. The van der Waals surface area contributed by atoms with Crippen LogP contribution >= 0.6 is 0 Å². The molecular formula is C17H23N3O3. The van der Waals surface area contributed by atoms with Gasteiger partial charge in [0.05, 0.1) is 0 Å². The summed E-state index contributed by atoms with van der Waals surface area (Å²) in [6, 6.07) is 7.55. The van der Waals surface area contributed by atoms with Crippen LogP contribution in [-0.2, 0) is 4.79 Å². The van der Waals surface area contributed by atoms with Gasteiger partial charge in [-0.25, -0.2) is 5.48 Å². The van der Waals surface area contributed by atoms with Crippen molar-refractivity contribution in [2.75, 3.05) is 33.2 Å². The lowest BCUT2D eigenvalue weighted by Gasteiger charge is -2.34. The highest BCUT2D eigenvalue weighted by molar-refractivity contribution is 5.90. The molecule has 1 heterocycles. The summed E-state index contributed by atoms with van der Waals surface area (Å²) in [4.78, 5) is 15.3. The van der Waals surface area contributed by atoms with E-state index in [9.17, 15) is 9.90 Å².